The van der Waals surface area contributed by atoms with Gasteiger partial charge in [0.2, 0.25) is 0 Å². The molecule has 1 aliphatic carbocycles. The molecule has 1 aromatic rings. The largest absolute Gasteiger partial charge is 0.491 e. The van der Waals surface area contributed by atoms with Crippen molar-refractivity contribution in [3.8, 4) is 5.75 Å². The fourth-order valence-corrected chi connectivity index (χ4v) is 4.31. The first-order valence-electron chi connectivity index (χ1n) is 10.3. The third-order valence-electron chi connectivity index (χ3n) is 5.33. The second-order valence-electron chi connectivity index (χ2n) is 8.85. The molecule has 0 bridgehead atoms. The SMILES string of the molecule is CCOC(=O)C1=C(C)NC2=C(C(=O)CC(C)(C)C2)C1c1ccccc1OC(C)C. The number of allylic oxidation sites excluding steroid dienone is 3. The number of Topliss-reactive ketones (excluding diaryl/α,β-unsaturated/α-hetero) is 1. The molecule has 29 heavy (non-hydrogen) atoms. The molecule has 0 saturated heterocycles. The molecule has 1 heterocycles. The predicted molar refractivity (Wildman–Crippen MR) is 112 cm³/mol. The lowest BCUT2D eigenvalue weighted by atomic mass is 9.68. The molecule has 3 rings (SSSR count). The van der Waals surface area contributed by atoms with Crippen LogP contribution in [0.4, 0.5) is 0 Å². The molecule has 0 aromatic heterocycles. The van der Waals surface area contributed by atoms with Crippen LogP contribution in [0.15, 0.2) is 46.8 Å². The van der Waals surface area contributed by atoms with Crippen molar-refractivity contribution in [2.75, 3.05) is 6.61 Å². The Morgan fingerprint density at radius 1 is 1.24 bits per heavy atom. The molecule has 1 aromatic carbocycles. The highest BCUT2D eigenvalue weighted by Gasteiger charge is 2.43. The molecule has 0 saturated carbocycles. The Kier molecular flexibility index (Phi) is 5.87. The van der Waals surface area contributed by atoms with Crippen LogP contribution >= 0.6 is 0 Å². The predicted octanol–water partition coefficient (Wildman–Crippen LogP) is 4.64. The summed E-state index contributed by atoms with van der Waals surface area (Å²) in [6, 6.07) is 7.66. The van der Waals surface area contributed by atoms with Gasteiger partial charge in [0.15, 0.2) is 5.78 Å². The van der Waals surface area contributed by atoms with Crippen molar-refractivity contribution < 1.29 is 19.1 Å². The van der Waals surface area contributed by atoms with Crippen molar-refractivity contribution in [1.82, 2.24) is 5.32 Å². The van der Waals surface area contributed by atoms with Crippen LogP contribution < -0.4 is 10.1 Å². The van der Waals surface area contributed by atoms with E-state index >= 15 is 0 Å². The maximum absolute atomic E-state index is 13.3. The number of nitrogens with one attached hydrogen (secondary N) is 1. The minimum atomic E-state index is -0.496. The molecule has 0 radical (unpaired) electrons. The van der Waals surface area contributed by atoms with Gasteiger partial charge in [-0.3, -0.25) is 4.79 Å². The van der Waals surface area contributed by atoms with Gasteiger partial charge in [-0.05, 0) is 45.6 Å². The number of carbonyl (C=O) groups excluding carboxylic acids is 2. The molecular formula is C24H31NO4. The average molecular weight is 398 g/mol. The lowest BCUT2D eigenvalue weighted by molar-refractivity contribution is -0.138. The van der Waals surface area contributed by atoms with Crippen LogP contribution in [0.2, 0.25) is 0 Å². The Morgan fingerprint density at radius 3 is 2.59 bits per heavy atom. The van der Waals surface area contributed by atoms with Crippen molar-refractivity contribution in [2.45, 2.75) is 66.4 Å². The van der Waals surface area contributed by atoms with Gasteiger partial charge >= 0.3 is 5.97 Å². The van der Waals surface area contributed by atoms with Gasteiger partial charge in [0.05, 0.1) is 24.2 Å². The van der Waals surface area contributed by atoms with Crippen molar-refractivity contribution >= 4 is 11.8 Å². The summed E-state index contributed by atoms with van der Waals surface area (Å²) >= 11 is 0. The Balaban J connectivity index is 2.22. The third kappa shape index (κ3) is 4.24. The van der Waals surface area contributed by atoms with Gasteiger partial charge in [0, 0.05) is 29.0 Å². The normalized spacial score (nSPS) is 21.1. The summed E-state index contributed by atoms with van der Waals surface area (Å²) in [6.07, 6.45) is 1.18. The van der Waals surface area contributed by atoms with Gasteiger partial charge in [-0.15, -0.1) is 0 Å². The summed E-state index contributed by atoms with van der Waals surface area (Å²) in [7, 11) is 0. The quantitative estimate of drug-likeness (QED) is 0.733. The first-order chi connectivity index (χ1) is 13.6. The molecule has 1 atom stereocenters. The Morgan fingerprint density at radius 2 is 1.93 bits per heavy atom. The van der Waals surface area contributed by atoms with Crippen LogP contribution in [0.1, 0.15) is 65.9 Å². The number of benzene rings is 1. The van der Waals surface area contributed by atoms with E-state index in [4.69, 9.17) is 9.47 Å². The number of rotatable bonds is 5. The minimum absolute atomic E-state index is 0.0246. The highest BCUT2D eigenvalue weighted by Crippen LogP contribution is 2.48. The van der Waals surface area contributed by atoms with E-state index in [1.807, 2.05) is 45.0 Å². The summed E-state index contributed by atoms with van der Waals surface area (Å²) in [5, 5.41) is 3.35. The second kappa shape index (κ2) is 8.05. The van der Waals surface area contributed by atoms with E-state index < -0.39 is 11.9 Å². The van der Waals surface area contributed by atoms with E-state index in [0.29, 0.717) is 23.3 Å². The number of esters is 1. The van der Waals surface area contributed by atoms with Gasteiger partial charge in [0.25, 0.3) is 0 Å². The minimum Gasteiger partial charge on any atom is -0.491 e. The van der Waals surface area contributed by atoms with Crippen LogP contribution in [-0.4, -0.2) is 24.5 Å². The molecule has 1 aliphatic heterocycles. The third-order valence-corrected chi connectivity index (χ3v) is 5.33. The van der Waals surface area contributed by atoms with Crippen LogP contribution in [0, 0.1) is 5.41 Å². The zero-order valence-corrected chi connectivity index (χ0v) is 18.2. The topological polar surface area (TPSA) is 64.6 Å². The highest BCUT2D eigenvalue weighted by atomic mass is 16.5. The Labute approximate surface area is 173 Å². The summed E-state index contributed by atoms with van der Waals surface area (Å²) in [6.45, 7) is 12.1. The maximum atomic E-state index is 13.3. The highest BCUT2D eigenvalue weighted by molar-refractivity contribution is 6.04. The monoisotopic (exact) mass is 397 g/mol. The zero-order chi connectivity index (χ0) is 21.3. The number of ketones is 1. The van der Waals surface area contributed by atoms with E-state index in [2.05, 4.69) is 19.2 Å². The number of hydrogen-bond donors (Lipinski definition) is 1. The number of carbonyl (C=O) groups is 2. The number of para-hydroxylation sites is 1. The summed E-state index contributed by atoms with van der Waals surface area (Å²) in [5.41, 5.74) is 3.49. The summed E-state index contributed by atoms with van der Waals surface area (Å²) < 4.78 is 11.4. The fraction of sp³-hybridized carbons (Fsp3) is 0.500. The number of hydrogen-bond acceptors (Lipinski definition) is 5. The molecule has 5 nitrogen and oxygen atoms in total. The van der Waals surface area contributed by atoms with Gasteiger partial charge in [-0.1, -0.05) is 32.0 Å². The van der Waals surface area contributed by atoms with Gasteiger partial charge in [-0.2, -0.15) is 0 Å². The van der Waals surface area contributed by atoms with E-state index in [1.54, 1.807) is 6.92 Å². The summed E-state index contributed by atoms with van der Waals surface area (Å²) in [5.74, 6) is -0.134. The average Bonchev–Trinajstić information content (AvgIpc) is 2.59. The molecule has 156 valence electrons. The standard InChI is InChI=1S/C24H31NO4/c1-7-28-23(27)20-15(4)25-17-12-24(5,6)13-18(26)22(17)21(20)16-10-8-9-11-19(16)29-14(2)3/h8-11,14,21,25H,7,12-13H2,1-6H3. The first-order valence-corrected chi connectivity index (χ1v) is 10.3. The molecule has 1 N–H and O–H groups in total. The van der Waals surface area contributed by atoms with Crippen LogP contribution in [-0.2, 0) is 14.3 Å². The molecule has 5 heteroatoms. The Bertz CT molecular complexity index is 892. The first kappa shape index (κ1) is 21.2. The van der Waals surface area contributed by atoms with Crippen molar-refractivity contribution in [2.24, 2.45) is 5.41 Å². The molecule has 0 fully saturated rings. The lowest BCUT2D eigenvalue weighted by Gasteiger charge is -2.39. The van der Waals surface area contributed by atoms with Crippen LogP contribution in [0.5, 0.6) is 5.75 Å². The smallest absolute Gasteiger partial charge is 0.336 e. The van der Waals surface area contributed by atoms with Gasteiger partial charge in [-0.25, -0.2) is 4.79 Å². The van der Waals surface area contributed by atoms with Gasteiger partial charge < -0.3 is 14.8 Å². The number of dihydropyridines is 1. The van der Waals surface area contributed by atoms with E-state index in [0.717, 1.165) is 23.4 Å². The second-order valence-corrected chi connectivity index (χ2v) is 8.85. The van der Waals surface area contributed by atoms with Crippen molar-refractivity contribution in [1.29, 1.82) is 0 Å². The molecule has 1 unspecified atom stereocenters. The lowest BCUT2D eigenvalue weighted by Crippen LogP contribution is -2.38. The summed E-state index contributed by atoms with van der Waals surface area (Å²) in [4.78, 5) is 26.2. The molecule has 0 spiro atoms. The van der Waals surface area contributed by atoms with Gasteiger partial charge in [0.1, 0.15) is 5.75 Å². The molecule has 0 amide bonds. The Hall–Kier alpha value is -2.56. The maximum Gasteiger partial charge on any atom is 0.336 e. The van der Waals surface area contributed by atoms with E-state index in [1.165, 1.54) is 0 Å². The van der Waals surface area contributed by atoms with Crippen LogP contribution in [0.3, 0.4) is 0 Å². The zero-order valence-electron chi connectivity index (χ0n) is 18.2. The van der Waals surface area contributed by atoms with E-state index in [-0.39, 0.29) is 23.9 Å². The molecule has 2 aliphatic rings. The van der Waals surface area contributed by atoms with Crippen molar-refractivity contribution in [3.63, 3.8) is 0 Å². The number of ether oxygens (including phenoxy) is 2. The van der Waals surface area contributed by atoms with Crippen molar-refractivity contribution in [3.05, 3.63) is 52.4 Å². The van der Waals surface area contributed by atoms with Crippen LogP contribution in [0.25, 0.3) is 0 Å². The molecular weight excluding hydrogens is 366 g/mol. The fourth-order valence-electron chi connectivity index (χ4n) is 4.31. The van der Waals surface area contributed by atoms with E-state index in [9.17, 15) is 9.59 Å².